The Morgan fingerprint density at radius 3 is 2.39 bits per heavy atom. The van der Waals surface area contributed by atoms with E-state index >= 15 is 0 Å². The lowest BCUT2D eigenvalue weighted by Crippen LogP contribution is -2.49. The van der Waals surface area contributed by atoms with Crippen LogP contribution in [0.1, 0.15) is 37.0 Å². The van der Waals surface area contributed by atoms with Crippen LogP contribution >= 0.6 is 24.0 Å². The van der Waals surface area contributed by atoms with E-state index in [-0.39, 0.29) is 34.4 Å². The minimum absolute atomic E-state index is 0. The Morgan fingerprint density at radius 1 is 1.35 bits per heavy atom. The Labute approximate surface area is 148 Å². The molecular weight excluding hydrogens is 363 g/mol. The number of carbonyl (C=O) groups is 1. The molecule has 0 fully saturated rings. The second-order valence-corrected chi connectivity index (χ2v) is 7.20. The summed E-state index contributed by atoms with van der Waals surface area (Å²) in [5.74, 6) is -0.748. The van der Waals surface area contributed by atoms with Crippen molar-refractivity contribution in [1.82, 2.24) is 4.72 Å². The number of hydrogen-bond donors (Lipinski definition) is 2. The van der Waals surface area contributed by atoms with Crippen molar-refractivity contribution in [2.75, 3.05) is 13.7 Å². The molecule has 1 rings (SSSR count). The molecule has 0 saturated carbocycles. The number of hydrogen-bond acceptors (Lipinski definition) is 5. The number of rotatable bonds is 7. The van der Waals surface area contributed by atoms with Gasteiger partial charge in [0, 0.05) is 17.1 Å². The van der Waals surface area contributed by atoms with Gasteiger partial charge in [-0.3, -0.25) is 0 Å². The van der Waals surface area contributed by atoms with Crippen molar-refractivity contribution in [2.24, 2.45) is 5.73 Å². The number of benzene rings is 1. The van der Waals surface area contributed by atoms with E-state index in [0.717, 1.165) is 0 Å². The van der Waals surface area contributed by atoms with Crippen LogP contribution in [0.5, 0.6) is 0 Å². The molecule has 0 heterocycles. The van der Waals surface area contributed by atoms with Crippen LogP contribution in [0.2, 0.25) is 5.02 Å². The molecule has 0 aromatic heterocycles. The van der Waals surface area contributed by atoms with E-state index in [0.29, 0.717) is 12.8 Å². The average Bonchev–Trinajstić information content (AvgIpc) is 2.52. The first-order valence-corrected chi connectivity index (χ1v) is 8.71. The van der Waals surface area contributed by atoms with Crippen molar-refractivity contribution in [3.05, 3.63) is 28.8 Å². The number of ether oxygens (including phenoxy) is 1. The fraction of sp³-hybridized carbons (Fsp3) is 0.500. The molecule has 0 unspecified atom stereocenters. The first-order valence-electron chi connectivity index (χ1n) is 6.85. The van der Waals surface area contributed by atoms with E-state index in [2.05, 4.69) is 9.46 Å². The quantitative estimate of drug-likeness (QED) is 0.702. The molecule has 9 heteroatoms. The van der Waals surface area contributed by atoms with Crippen molar-refractivity contribution in [3.8, 4) is 0 Å². The molecule has 0 saturated heterocycles. The van der Waals surface area contributed by atoms with Crippen LogP contribution in [-0.4, -0.2) is 33.6 Å². The molecule has 0 spiro atoms. The van der Waals surface area contributed by atoms with E-state index in [4.69, 9.17) is 17.3 Å². The summed E-state index contributed by atoms with van der Waals surface area (Å²) in [6, 6.07) is 3.96. The van der Waals surface area contributed by atoms with Gasteiger partial charge in [-0.15, -0.1) is 12.4 Å². The highest BCUT2D eigenvalue weighted by Gasteiger charge is 2.27. The average molecular weight is 385 g/mol. The van der Waals surface area contributed by atoms with Gasteiger partial charge in [0.25, 0.3) is 0 Å². The van der Waals surface area contributed by atoms with Gasteiger partial charge in [0.1, 0.15) is 0 Å². The minimum atomic E-state index is -3.94. The molecule has 0 bridgehead atoms. The monoisotopic (exact) mass is 384 g/mol. The third-order valence-electron chi connectivity index (χ3n) is 3.66. The maximum Gasteiger partial charge on any atom is 0.339 e. The van der Waals surface area contributed by atoms with Crippen molar-refractivity contribution in [2.45, 2.75) is 37.1 Å². The Hall–Kier alpha value is -0.860. The smallest absolute Gasteiger partial charge is 0.339 e. The molecule has 0 aliphatic carbocycles. The van der Waals surface area contributed by atoms with E-state index in [1.54, 1.807) is 0 Å². The summed E-state index contributed by atoms with van der Waals surface area (Å²) in [5, 5.41) is 0.207. The number of esters is 1. The first-order chi connectivity index (χ1) is 10.2. The summed E-state index contributed by atoms with van der Waals surface area (Å²) in [6.45, 7) is 3.84. The van der Waals surface area contributed by atoms with Crippen molar-refractivity contribution >= 4 is 40.0 Å². The van der Waals surface area contributed by atoms with Crippen LogP contribution in [0.15, 0.2) is 23.1 Å². The molecule has 1 aromatic carbocycles. The van der Waals surface area contributed by atoms with Gasteiger partial charge in [-0.2, -0.15) is 0 Å². The number of nitrogens with one attached hydrogen (secondary N) is 1. The molecule has 1 aromatic rings. The van der Waals surface area contributed by atoms with Gasteiger partial charge in [-0.1, -0.05) is 25.4 Å². The number of halogens is 2. The maximum atomic E-state index is 12.5. The van der Waals surface area contributed by atoms with Gasteiger partial charge < -0.3 is 10.5 Å². The number of carbonyl (C=O) groups excluding carboxylic acids is 1. The predicted molar refractivity (Wildman–Crippen MR) is 92.7 cm³/mol. The summed E-state index contributed by atoms with van der Waals surface area (Å²) < 4.78 is 32.0. The van der Waals surface area contributed by atoms with Gasteiger partial charge >= 0.3 is 5.97 Å². The van der Waals surface area contributed by atoms with Crippen LogP contribution < -0.4 is 10.5 Å². The molecular formula is C14H22Cl2N2O4S. The van der Waals surface area contributed by atoms with E-state index in [9.17, 15) is 13.2 Å². The third-order valence-corrected chi connectivity index (χ3v) is 5.34. The third kappa shape index (κ3) is 5.61. The standard InChI is InChI=1S/C14H21ClN2O4S.ClH/c1-4-14(16,5-2)9-17-22(19,20)12-8-10(15)6-7-11(12)13(18)21-3;/h6-8,17H,4-5,9,16H2,1-3H3;1H. The fourth-order valence-corrected chi connectivity index (χ4v) is 3.41. The van der Waals surface area contributed by atoms with Crippen LogP contribution in [0.4, 0.5) is 0 Å². The van der Waals surface area contributed by atoms with Crippen LogP contribution in [0, 0.1) is 0 Å². The van der Waals surface area contributed by atoms with Gasteiger partial charge in [-0.25, -0.2) is 17.9 Å². The Morgan fingerprint density at radius 2 is 1.91 bits per heavy atom. The zero-order valence-electron chi connectivity index (χ0n) is 13.3. The summed E-state index contributed by atoms with van der Waals surface area (Å²) in [4.78, 5) is 11.5. The molecule has 6 nitrogen and oxygen atoms in total. The summed E-state index contributed by atoms with van der Waals surface area (Å²) in [5.41, 5.74) is 5.38. The second kappa shape index (κ2) is 8.84. The van der Waals surface area contributed by atoms with Crippen LogP contribution in [0.25, 0.3) is 0 Å². The summed E-state index contributed by atoms with van der Waals surface area (Å²) in [7, 11) is -2.76. The molecule has 3 N–H and O–H groups in total. The highest BCUT2D eigenvalue weighted by Crippen LogP contribution is 2.22. The Balaban J connectivity index is 0.00000484. The lowest BCUT2D eigenvalue weighted by molar-refractivity contribution is 0.0596. The van der Waals surface area contributed by atoms with E-state index in [1.165, 1.54) is 25.3 Å². The highest BCUT2D eigenvalue weighted by molar-refractivity contribution is 7.89. The molecule has 0 radical (unpaired) electrons. The second-order valence-electron chi connectivity index (χ2n) is 5.03. The molecule has 0 amide bonds. The molecule has 0 atom stereocenters. The lowest BCUT2D eigenvalue weighted by Gasteiger charge is -2.26. The number of nitrogens with two attached hydrogens (primary N) is 1. The topological polar surface area (TPSA) is 98.5 Å². The Bertz CT molecular complexity index is 646. The van der Waals surface area contributed by atoms with Crippen molar-refractivity contribution in [3.63, 3.8) is 0 Å². The zero-order chi connectivity index (χ0) is 17.0. The fourth-order valence-electron chi connectivity index (χ4n) is 1.81. The SMILES string of the molecule is CCC(N)(CC)CNS(=O)(=O)c1cc(Cl)ccc1C(=O)OC.Cl. The van der Waals surface area contributed by atoms with Crippen LogP contribution in [-0.2, 0) is 14.8 Å². The van der Waals surface area contributed by atoms with Gasteiger partial charge in [0.05, 0.1) is 17.6 Å². The zero-order valence-corrected chi connectivity index (χ0v) is 15.6. The summed E-state index contributed by atoms with van der Waals surface area (Å²) in [6.07, 6.45) is 1.23. The predicted octanol–water partition coefficient (Wildman–Crippen LogP) is 2.34. The van der Waals surface area contributed by atoms with Crippen molar-refractivity contribution in [1.29, 1.82) is 0 Å². The van der Waals surface area contributed by atoms with Crippen molar-refractivity contribution < 1.29 is 17.9 Å². The molecule has 0 aliphatic heterocycles. The Kier molecular flexibility index (Phi) is 8.51. The lowest BCUT2D eigenvalue weighted by atomic mass is 9.95. The molecule has 23 heavy (non-hydrogen) atoms. The maximum absolute atomic E-state index is 12.5. The van der Waals surface area contributed by atoms with E-state index < -0.39 is 21.5 Å². The van der Waals surface area contributed by atoms with E-state index in [1.807, 2.05) is 13.8 Å². The van der Waals surface area contributed by atoms with Gasteiger partial charge in [-0.05, 0) is 31.0 Å². The largest absolute Gasteiger partial charge is 0.465 e. The summed E-state index contributed by atoms with van der Waals surface area (Å²) >= 11 is 5.85. The number of sulfonamides is 1. The van der Waals surface area contributed by atoms with Crippen LogP contribution in [0.3, 0.4) is 0 Å². The minimum Gasteiger partial charge on any atom is -0.465 e. The molecule has 0 aliphatic rings. The number of methoxy groups -OCH3 is 1. The van der Waals surface area contributed by atoms with Gasteiger partial charge in [0.2, 0.25) is 10.0 Å². The molecule has 132 valence electrons. The van der Waals surface area contributed by atoms with Gasteiger partial charge in [0.15, 0.2) is 0 Å². The normalized spacial score (nSPS) is 11.7. The highest BCUT2D eigenvalue weighted by atomic mass is 35.5. The first kappa shape index (κ1) is 22.1.